The van der Waals surface area contributed by atoms with Gasteiger partial charge in [-0.2, -0.15) is 0 Å². The van der Waals surface area contributed by atoms with Gasteiger partial charge < -0.3 is 0 Å². The monoisotopic (exact) mass is 480 g/mol. The molecular formula is C21H13BrN4OS2. The van der Waals surface area contributed by atoms with Gasteiger partial charge in [-0.3, -0.25) is 14.7 Å². The second-order valence-corrected chi connectivity index (χ2v) is 9.17. The first kappa shape index (κ1) is 18.4. The zero-order valence-electron chi connectivity index (χ0n) is 14.9. The van der Waals surface area contributed by atoms with Gasteiger partial charge >= 0.3 is 0 Å². The summed E-state index contributed by atoms with van der Waals surface area (Å²) in [6.07, 6.45) is 1.73. The molecule has 0 radical (unpaired) electrons. The molecular weight excluding hydrogens is 468 g/mol. The summed E-state index contributed by atoms with van der Waals surface area (Å²) in [5.74, 6) is -0.107. The lowest BCUT2D eigenvalue weighted by Gasteiger charge is -2.19. The lowest BCUT2D eigenvalue weighted by molar-refractivity contribution is 0.0985. The van der Waals surface area contributed by atoms with E-state index in [1.54, 1.807) is 16.6 Å². The lowest BCUT2D eigenvalue weighted by Crippen LogP contribution is -2.30. The molecule has 1 amide bonds. The summed E-state index contributed by atoms with van der Waals surface area (Å²) < 4.78 is 2.99. The molecule has 0 spiro atoms. The third kappa shape index (κ3) is 3.66. The first-order chi connectivity index (χ1) is 14.2. The van der Waals surface area contributed by atoms with Gasteiger partial charge in [-0.15, -0.1) is 11.3 Å². The molecule has 5 nitrogen and oxygen atoms in total. The van der Waals surface area contributed by atoms with E-state index in [-0.39, 0.29) is 5.91 Å². The molecule has 0 aliphatic heterocycles. The van der Waals surface area contributed by atoms with Gasteiger partial charge in [-0.1, -0.05) is 33.3 Å². The molecule has 29 heavy (non-hydrogen) atoms. The van der Waals surface area contributed by atoms with E-state index in [0.29, 0.717) is 17.2 Å². The standard InChI is InChI=1S/C21H13BrN4OS2/c22-14-5-7-17-19(10-14)29-21(25-17)26(11-15-3-1-2-8-23-15)20(27)13-4-6-16-18(9-13)28-12-24-16/h1-10,12H,11H2. The van der Waals surface area contributed by atoms with Crippen molar-refractivity contribution in [1.82, 2.24) is 15.0 Å². The molecule has 0 saturated heterocycles. The van der Waals surface area contributed by atoms with Gasteiger partial charge in [-0.05, 0) is 48.5 Å². The van der Waals surface area contributed by atoms with Gasteiger partial charge in [0, 0.05) is 16.2 Å². The SMILES string of the molecule is O=C(c1ccc2ncsc2c1)N(Cc1ccccn1)c1nc2ccc(Br)cc2s1. The maximum Gasteiger partial charge on any atom is 0.260 e. The van der Waals surface area contributed by atoms with Crippen molar-refractivity contribution in [2.45, 2.75) is 6.54 Å². The highest BCUT2D eigenvalue weighted by atomic mass is 79.9. The van der Waals surface area contributed by atoms with Crippen molar-refractivity contribution in [3.8, 4) is 0 Å². The van der Waals surface area contributed by atoms with Crippen molar-refractivity contribution < 1.29 is 4.79 Å². The molecule has 0 saturated carbocycles. The largest absolute Gasteiger partial charge is 0.278 e. The van der Waals surface area contributed by atoms with Crippen LogP contribution in [-0.2, 0) is 6.54 Å². The zero-order chi connectivity index (χ0) is 19.8. The molecule has 2 aromatic carbocycles. The Balaban J connectivity index is 1.59. The summed E-state index contributed by atoms with van der Waals surface area (Å²) in [6, 6.07) is 17.2. The van der Waals surface area contributed by atoms with Crippen LogP contribution in [-0.4, -0.2) is 20.9 Å². The minimum Gasteiger partial charge on any atom is -0.278 e. The van der Waals surface area contributed by atoms with Crippen LogP contribution in [0.4, 0.5) is 5.13 Å². The van der Waals surface area contributed by atoms with E-state index in [0.717, 1.165) is 30.6 Å². The number of hydrogen-bond donors (Lipinski definition) is 0. The first-order valence-corrected chi connectivity index (χ1v) is 11.3. The molecule has 0 atom stereocenters. The summed E-state index contributed by atoms with van der Waals surface area (Å²) in [4.78, 5) is 28.6. The molecule has 0 aliphatic carbocycles. The van der Waals surface area contributed by atoms with Gasteiger partial charge in [0.1, 0.15) is 0 Å². The fraction of sp³-hybridized carbons (Fsp3) is 0.0476. The maximum absolute atomic E-state index is 13.5. The van der Waals surface area contributed by atoms with Crippen LogP contribution in [0.15, 0.2) is 70.8 Å². The number of carbonyl (C=O) groups is 1. The van der Waals surface area contributed by atoms with Crippen molar-refractivity contribution in [2.75, 3.05) is 4.90 Å². The van der Waals surface area contributed by atoms with Crippen LogP contribution in [0.2, 0.25) is 0 Å². The van der Waals surface area contributed by atoms with Crippen LogP contribution in [0, 0.1) is 0 Å². The Morgan fingerprint density at radius 1 is 1.00 bits per heavy atom. The number of aromatic nitrogens is 3. The second-order valence-electron chi connectivity index (χ2n) is 6.36. The Morgan fingerprint density at radius 2 is 1.90 bits per heavy atom. The summed E-state index contributed by atoms with van der Waals surface area (Å²) >= 11 is 6.52. The molecule has 5 aromatic rings. The van der Waals surface area contributed by atoms with Crippen molar-refractivity contribution >= 4 is 70.1 Å². The van der Waals surface area contributed by atoms with Crippen LogP contribution >= 0.6 is 38.6 Å². The Morgan fingerprint density at radius 3 is 2.76 bits per heavy atom. The lowest BCUT2D eigenvalue weighted by atomic mass is 10.2. The quantitative estimate of drug-likeness (QED) is 0.320. The fourth-order valence-electron chi connectivity index (χ4n) is 3.03. The molecule has 142 valence electrons. The van der Waals surface area contributed by atoms with E-state index >= 15 is 0 Å². The average Bonchev–Trinajstić information content (AvgIpc) is 3.38. The number of benzene rings is 2. The number of fused-ring (bicyclic) bond motifs is 2. The molecule has 0 N–H and O–H groups in total. The van der Waals surface area contributed by atoms with Crippen molar-refractivity contribution in [1.29, 1.82) is 0 Å². The second kappa shape index (κ2) is 7.62. The number of anilines is 1. The van der Waals surface area contributed by atoms with E-state index in [1.165, 1.54) is 22.7 Å². The summed E-state index contributed by atoms with van der Waals surface area (Å²) in [7, 11) is 0. The highest BCUT2D eigenvalue weighted by Crippen LogP contribution is 2.32. The van der Waals surface area contributed by atoms with Gasteiger partial charge in [0.05, 0.1) is 38.2 Å². The predicted octanol–water partition coefficient (Wildman–Crippen LogP) is 5.91. The van der Waals surface area contributed by atoms with E-state index in [1.807, 2.05) is 54.6 Å². The fourth-order valence-corrected chi connectivity index (χ4v) is 5.26. The number of thiazole rings is 2. The van der Waals surface area contributed by atoms with Crippen molar-refractivity contribution in [3.05, 3.63) is 82.0 Å². The smallest absolute Gasteiger partial charge is 0.260 e. The Labute approximate surface area is 182 Å². The predicted molar refractivity (Wildman–Crippen MR) is 122 cm³/mol. The number of carbonyl (C=O) groups excluding carboxylic acids is 1. The number of pyridine rings is 1. The highest BCUT2D eigenvalue weighted by Gasteiger charge is 2.23. The topological polar surface area (TPSA) is 59.0 Å². The van der Waals surface area contributed by atoms with Crippen molar-refractivity contribution in [3.63, 3.8) is 0 Å². The summed E-state index contributed by atoms with van der Waals surface area (Å²) in [5.41, 5.74) is 4.96. The molecule has 3 heterocycles. The minimum absolute atomic E-state index is 0.107. The van der Waals surface area contributed by atoms with Crippen molar-refractivity contribution in [2.24, 2.45) is 0 Å². The molecule has 0 bridgehead atoms. The molecule has 8 heteroatoms. The zero-order valence-corrected chi connectivity index (χ0v) is 18.2. The highest BCUT2D eigenvalue weighted by molar-refractivity contribution is 9.10. The number of hydrogen-bond acceptors (Lipinski definition) is 6. The molecule has 0 aliphatic rings. The maximum atomic E-state index is 13.5. The minimum atomic E-state index is -0.107. The Bertz CT molecular complexity index is 1330. The van der Waals surface area contributed by atoms with E-state index in [2.05, 4.69) is 25.9 Å². The number of halogens is 1. The molecule has 0 fully saturated rings. The molecule has 5 rings (SSSR count). The van der Waals surface area contributed by atoms with Crippen LogP contribution in [0.3, 0.4) is 0 Å². The van der Waals surface area contributed by atoms with Gasteiger partial charge in [0.25, 0.3) is 5.91 Å². The molecule has 0 unspecified atom stereocenters. The van der Waals surface area contributed by atoms with Gasteiger partial charge in [-0.25, -0.2) is 9.97 Å². The number of rotatable bonds is 4. The summed E-state index contributed by atoms with van der Waals surface area (Å²) in [6.45, 7) is 0.349. The van der Waals surface area contributed by atoms with Crippen LogP contribution in [0.1, 0.15) is 16.1 Å². The van der Waals surface area contributed by atoms with Crippen LogP contribution < -0.4 is 4.90 Å². The van der Waals surface area contributed by atoms with E-state index in [9.17, 15) is 4.79 Å². The number of nitrogens with zero attached hydrogens (tertiary/aromatic N) is 4. The van der Waals surface area contributed by atoms with E-state index in [4.69, 9.17) is 4.98 Å². The third-order valence-electron chi connectivity index (χ3n) is 4.44. The summed E-state index contributed by atoms with van der Waals surface area (Å²) in [5, 5.41) is 0.651. The van der Waals surface area contributed by atoms with E-state index < -0.39 is 0 Å². The average molecular weight is 481 g/mol. The first-order valence-electron chi connectivity index (χ1n) is 8.78. The Hall–Kier alpha value is -2.68. The third-order valence-corrected chi connectivity index (χ3v) is 6.77. The Kier molecular flexibility index (Phi) is 4.83. The van der Waals surface area contributed by atoms with Crippen LogP contribution in [0.25, 0.3) is 20.4 Å². The van der Waals surface area contributed by atoms with Crippen LogP contribution in [0.5, 0.6) is 0 Å². The van der Waals surface area contributed by atoms with Gasteiger partial charge in [0.2, 0.25) is 0 Å². The van der Waals surface area contributed by atoms with Gasteiger partial charge in [0.15, 0.2) is 5.13 Å². The number of amides is 1. The molecule has 3 aromatic heterocycles. The normalized spacial score (nSPS) is 11.2.